The fourth-order valence-corrected chi connectivity index (χ4v) is 4.57. The van der Waals surface area contributed by atoms with Crippen LogP contribution >= 0.6 is 0 Å². The topological polar surface area (TPSA) is 97.8 Å². The van der Waals surface area contributed by atoms with Gasteiger partial charge in [0, 0.05) is 31.4 Å². The highest BCUT2D eigenvalue weighted by Crippen LogP contribution is 2.44. The second kappa shape index (κ2) is 6.81. The van der Waals surface area contributed by atoms with Crippen LogP contribution in [0, 0.1) is 12.8 Å². The van der Waals surface area contributed by atoms with E-state index < -0.39 is 11.4 Å². The molecule has 3 N–H and O–H groups in total. The van der Waals surface area contributed by atoms with Gasteiger partial charge in [0.2, 0.25) is 5.43 Å². The van der Waals surface area contributed by atoms with Crippen molar-refractivity contribution in [2.75, 3.05) is 25.1 Å². The number of nitrogens with zero attached hydrogens (tertiary/aromatic N) is 2. The second-order valence-corrected chi connectivity index (χ2v) is 8.29. The Morgan fingerprint density at radius 1 is 1.32 bits per heavy atom. The lowest BCUT2D eigenvalue weighted by Crippen LogP contribution is -2.46. The van der Waals surface area contributed by atoms with E-state index in [0.29, 0.717) is 22.6 Å². The van der Waals surface area contributed by atoms with E-state index in [1.165, 1.54) is 6.20 Å². The largest absolute Gasteiger partial charge is 0.492 e. The van der Waals surface area contributed by atoms with E-state index in [1.807, 2.05) is 17.6 Å². The molecule has 150 valence electrons. The molecule has 0 unspecified atom stereocenters. The average Bonchev–Trinajstić information content (AvgIpc) is 3.45. The van der Waals surface area contributed by atoms with Gasteiger partial charge < -0.3 is 25.0 Å². The highest BCUT2D eigenvalue weighted by molar-refractivity contribution is 5.97. The molecule has 28 heavy (non-hydrogen) atoms. The number of fused-ring (bicyclic) bond motifs is 1. The van der Waals surface area contributed by atoms with Crippen molar-refractivity contribution in [2.24, 2.45) is 11.7 Å². The van der Waals surface area contributed by atoms with E-state index in [0.717, 1.165) is 43.6 Å². The Morgan fingerprint density at radius 2 is 2.04 bits per heavy atom. The molecular formula is C21H27N3O4. The van der Waals surface area contributed by atoms with E-state index in [2.05, 4.69) is 11.8 Å². The molecule has 0 radical (unpaired) electrons. The average molecular weight is 385 g/mol. The normalized spacial score (nSPS) is 22.5. The van der Waals surface area contributed by atoms with E-state index in [-0.39, 0.29) is 17.6 Å². The number of piperidine rings is 1. The molecule has 2 atom stereocenters. The maximum absolute atomic E-state index is 12.9. The number of aromatic carboxylic acids is 1. The summed E-state index contributed by atoms with van der Waals surface area (Å²) in [5.74, 6) is -0.0985. The van der Waals surface area contributed by atoms with Gasteiger partial charge in [-0.25, -0.2) is 4.79 Å². The lowest BCUT2D eigenvalue weighted by molar-refractivity contribution is 0.0695. The second-order valence-electron chi connectivity index (χ2n) is 8.29. The summed E-state index contributed by atoms with van der Waals surface area (Å²) in [4.78, 5) is 26.8. The minimum atomic E-state index is -1.20. The van der Waals surface area contributed by atoms with E-state index in [1.54, 1.807) is 7.11 Å². The summed E-state index contributed by atoms with van der Waals surface area (Å²) >= 11 is 0. The van der Waals surface area contributed by atoms with Gasteiger partial charge in [0.1, 0.15) is 5.56 Å². The van der Waals surface area contributed by atoms with Crippen LogP contribution in [-0.2, 0) is 0 Å². The summed E-state index contributed by atoms with van der Waals surface area (Å²) in [7, 11) is 1.61. The molecule has 0 spiro atoms. The van der Waals surface area contributed by atoms with Gasteiger partial charge >= 0.3 is 5.97 Å². The van der Waals surface area contributed by atoms with Gasteiger partial charge in [-0.1, -0.05) is 6.92 Å². The zero-order valence-corrected chi connectivity index (χ0v) is 16.6. The Hall–Kier alpha value is -2.54. The Bertz CT molecular complexity index is 999. The van der Waals surface area contributed by atoms with E-state index in [9.17, 15) is 14.7 Å². The van der Waals surface area contributed by atoms with Gasteiger partial charge in [0.25, 0.3) is 0 Å². The molecule has 4 rings (SSSR count). The summed E-state index contributed by atoms with van der Waals surface area (Å²) in [6, 6.07) is 2.10. The zero-order valence-electron chi connectivity index (χ0n) is 16.6. The van der Waals surface area contributed by atoms with Crippen molar-refractivity contribution in [3.63, 3.8) is 0 Å². The lowest BCUT2D eigenvalue weighted by Gasteiger charge is -2.38. The third-order valence-electron chi connectivity index (χ3n) is 5.82. The number of methoxy groups -OCH3 is 1. The van der Waals surface area contributed by atoms with Crippen molar-refractivity contribution >= 4 is 22.6 Å². The molecule has 2 aliphatic rings. The number of ether oxygens (including phenoxy) is 1. The minimum absolute atomic E-state index is 0.0866. The van der Waals surface area contributed by atoms with Crippen molar-refractivity contribution in [1.82, 2.24) is 4.57 Å². The SMILES string of the molecule is COc1c(N2C[C@@H](C)C[C@H](N)C2)c(C)cc2c(=O)c(C(=O)O)cn(C3CC3)c12. The molecule has 2 aromatic rings. The number of pyridine rings is 1. The lowest BCUT2D eigenvalue weighted by atomic mass is 9.94. The fraction of sp³-hybridized carbons (Fsp3) is 0.524. The number of carboxylic acid groups (broad SMARTS) is 1. The molecule has 7 nitrogen and oxygen atoms in total. The fourth-order valence-electron chi connectivity index (χ4n) is 4.57. The number of hydrogen-bond acceptors (Lipinski definition) is 5. The molecule has 1 saturated heterocycles. The predicted molar refractivity (Wildman–Crippen MR) is 109 cm³/mol. The van der Waals surface area contributed by atoms with Crippen molar-refractivity contribution in [3.05, 3.63) is 33.6 Å². The summed E-state index contributed by atoms with van der Waals surface area (Å²) in [5.41, 5.74) is 8.15. The number of benzene rings is 1. The van der Waals surface area contributed by atoms with Gasteiger partial charge in [-0.2, -0.15) is 0 Å². The van der Waals surface area contributed by atoms with Crippen LogP contribution in [0.2, 0.25) is 0 Å². The maximum Gasteiger partial charge on any atom is 0.341 e. The van der Waals surface area contributed by atoms with Crippen molar-refractivity contribution in [1.29, 1.82) is 0 Å². The summed E-state index contributed by atoms with van der Waals surface area (Å²) in [5, 5.41) is 9.90. The third kappa shape index (κ3) is 3.03. The summed E-state index contributed by atoms with van der Waals surface area (Å²) < 4.78 is 7.77. The zero-order chi connectivity index (χ0) is 20.2. The number of nitrogens with two attached hydrogens (primary N) is 1. The standard InChI is InChI=1S/C21H27N3O4/c1-11-6-13(22)9-23(8-11)17-12(2)7-15-18(20(17)28-3)24(14-4-5-14)10-16(19(15)25)21(26)27/h7,10-11,13-14H,4-6,8-9,22H2,1-3H3,(H,26,27)/t11-,13-/m0/s1. The molecule has 2 heterocycles. The smallest absolute Gasteiger partial charge is 0.341 e. The van der Waals surface area contributed by atoms with Crippen LogP contribution in [0.25, 0.3) is 10.9 Å². The van der Waals surface area contributed by atoms with Crippen LogP contribution in [0.4, 0.5) is 5.69 Å². The van der Waals surface area contributed by atoms with Gasteiger partial charge in [0.15, 0.2) is 5.75 Å². The van der Waals surface area contributed by atoms with Gasteiger partial charge in [-0.15, -0.1) is 0 Å². The molecule has 0 bridgehead atoms. The van der Waals surface area contributed by atoms with Crippen molar-refractivity contribution in [3.8, 4) is 5.75 Å². The molecule has 2 fully saturated rings. The Kier molecular flexibility index (Phi) is 4.57. The van der Waals surface area contributed by atoms with Crippen molar-refractivity contribution < 1.29 is 14.6 Å². The summed E-state index contributed by atoms with van der Waals surface area (Å²) in [6.45, 7) is 5.73. The van der Waals surface area contributed by atoms with E-state index in [4.69, 9.17) is 10.5 Å². The van der Waals surface area contributed by atoms with Gasteiger partial charge in [-0.05, 0) is 43.7 Å². The highest BCUT2D eigenvalue weighted by Gasteiger charge is 2.32. The van der Waals surface area contributed by atoms with Crippen LogP contribution in [0.5, 0.6) is 5.75 Å². The molecule has 1 aliphatic heterocycles. The molecule has 1 aromatic carbocycles. The quantitative estimate of drug-likeness (QED) is 0.839. The highest BCUT2D eigenvalue weighted by atomic mass is 16.5. The minimum Gasteiger partial charge on any atom is -0.492 e. The molecular weight excluding hydrogens is 358 g/mol. The molecule has 1 saturated carbocycles. The Morgan fingerprint density at radius 3 is 2.61 bits per heavy atom. The Balaban J connectivity index is 2.02. The number of rotatable bonds is 4. The summed E-state index contributed by atoms with van der Waals surface area (Å²) in [6.07, 6.45) is 4.40. The Labute approximate surface area is 163 Å². The maximum atomic E-state index is 12.9. The first-order chi connectivity index (χ1) is 13.3. The molecule has 0 amide bonds. The number of anilines is 1. The van der Waals surface area contributed by atoms with Crippen LogP contribution in [0.3, 0.4) is 0 Å². The molecule has 7 heteroatoms. The first kappa shape index (κ1) is 18.8. The van der Waals surface area contributed by atoms with E-state index >= 15 is 0 Å². The number of aryl methyl sites for hydroxylation is 1. The van der Waals surface area contributed by atoms with Crippen LogP contribution in [-0.4, -0.2) is 41.9 Å². The van der Waals surface area contributed by atoms with Crippen LogP contribution < -0.4 is 20.8 Å². The van der Waals surface area contributed by atoms with Gasteiger partial charge in [-0.3, -0.25) is 4.79 Å². The first-order valence-electron chi connectivity index (χ1n) is 9.82. The number of carboxylic acids is 1. The monoisotopic (exact) mass is 385 g/mol. The number of hydrogen-bond donors (Lipinski definition) is 2. The van der Waals surface area contributed by atoms with Crippen LogP contribution in [0.1, 0.15) is 48.1 Å². The number of aromatic nitrogens is 1. The van der Waals surface area contributed by atoms with Crippen molar-refractivity contribution in [2.45, 2.75) is 45.2 Å². The van der Waals surface area contributed by atoms with Gasteiger partial charge in [0.05, 0.1) is 23.7 Å². The first-order valence-corrected chi connectivity index (χ1v) is 9.82. The third-order valence-corrected chi connectivity index (χ3v) is 5.82. The van der Waals surface area contributed by atoms with Crippen LogP contribution in [0.15, 0.2) is 17.1 Å². The predicted octanol–water partition coefficient (Wildman–Crippen LogP) is 2.53. The molecule has 1 aromatic heterocycles. The number of carbonyl (C=O) groups is 1. The molecule has 1 aliphatic carbocycles.